The second-order valence-corrected chi connectivity index (χ2v) is 1.96. The van der Waals surface area contributed by atoms with Gasteiger partial charge in [-0.05, 0) is 0 Å². The number of halogens is 1. The van der Waals surface area contributed by atoms with Crippen molar-refractivity contribution in [3.8, 4) is 0 Å². The van der Waals surface area contributed by atoms with Gasteiger partial charge in [-0.1, -0.05) is 30.6 Å². The van der Waals surface area contributed by atoms with E-state index in [1.807, 2.05) is 13.8 Å². The van der Waals surface area contributed by atoms with E-state index in [0.29, 0.717) is 0 Å². The lowest BCUT2D eigenvalue weighted by Gasteiger charge is -1.94. The minimum atomic E-state index is 0.131. The quantitative estimate of drug-likeness (QED) is 0.320. The molecule has 0 aliphatic rings. The highest BCUT2D eigenvalue weighted by Gasteiger charge is 1.97. The molecular formula is C4H8ClNO. The smallest absolute Gasteiger partial charge is 0.147 e. The molecule has 1 N–H and O–H groups in total. The first-order valence-electron chi connectivity index (χ1n) is 2.06. The van der Waals surface area contributed by atoms with Crippen molar-refractivity contribution in [3.05, 3.63) is 0 Å². The molecule has 0 aromatic heterocycles. The molecule has 0 amide bonds. The van der Waals surface area contributed by atoms with Crippen molar-refractivity contribution >= 4 is 16.8 Å². The van der Waals surface area contributed by atoms with Crippen LogP contribution in [0.25, 0.3) is 0 Å². The van der Waals surface area contributed by atoms with E-state index >= 15 is 0 Å². The van der Waals surface area contributed by atoms with Crippen LogP contribution in [0, 0.1) is 5.92 Å². The van der Waals surface area contributed by atoms with Gasteiger partial charge in [0.2, 0.25) is 0 Å². The summed E-state index contributed by atoms with van der Waals surface area (Å²) in [5, 5.41) is 11.0. The molecule has 0 rings (SSSR count). The van der Waals surface area contributed by atoms with Crippen LogP contribution >= 0.6 is 11.6 Å². The Kier molecular flexibility index (Phi) is 2.76. The normalized spacial score (nSPS) is 12.9. The molecule has 42 valence electrons. The summed E-state index contributed by atoms with van der Waals surface area (Å²) in [6, 6.07) is 0. The van der Waals surface area contributed by atoms with Crippen LogP contribution in [0.1, 0.15) is 13.8 Å². The minimum Gasteiger partial charge on any atom is -0.410 e. The molecule has 0 aromatic carbocycles. The second-order valence-electron chi connectivity index (χ2n) is 1.58. The highest BCUT2D eigenvalue weighted by molar-refractivity contribution is 6.65. The molecule has 0 aliphatic heterocycles. The van der Waals surface area contributed by atoms with Crippen molar-refractivity contribution in [2.45, 2.75) is 13.8 Å². The molecule has 2 nitrogen and oxygen atoms in total. The number of oxime groups is 1. The Labute approximate surface area is 47.8 Å². The van der Waals surface area contributed by atoms with Crippen molar-refractivity contribution in [3.63, 3.8) is 0 Å². The highest BCUT2D eigenvalue weighted by Crippen LogP contribution is 1.99. The summed E-state index contributed by atoms with van der Waals surface area (Å²) < 4.78 is 0. The van der Waals surface area contributed by atoms with E-state index in [2.05, 4.69) is 5.16 Å². The topological polar surface area (TPSA) is 32.6 Å². The molecule has 0 bridgehead atoms. The Morgan fingerprint density at radius 3 is 2.14 bits per heavy atom. The van der Waals surface area contributed by atoms with Gasteiger partial charge in [-0.25, -0.2) is 0 Å². The lowest BCUT2D eigenvalue weighted by molar-refractivity contribution is 0.318. The minimum absolute atomic E-state index is 0.131. The van der Waals surface area contributed by atoms with Crippen molar-refractivity contribution in [2.24, 2.45) is 11.1 Å². The molecule has 0 radical (unpaired) electrons. The van der Waals surface area contributed by atoms with Crippen LogP contribution < -0.4 is 0 Å². The molecular weight excluding hydrogens is 114 g/mol. The molecule has 0 aromatic rings. The van der Waals surface area contributed by atoms with Crippen LogP contribution in [0.3, 0.4) is 0 Å². The van der Waals surface area contributed by atoms with Crippen LogP contribution in [0.4, 0.5) is 0 Å². The Balaban J connectivity index is 3.56. The van der Waals surface area contributed by atoms with Gasteiger partial charge in [-0.2, -0.15) is 0 Å². The lowest BCUT2D eigenvalue weighted by Crippen LogP contribution is -1.96. The maximum absolute atomic E-state index is 7.96. The van der Waals surface area contributed by atoms with E-state index in [-0.39, 0.29) is 11.1 Å². The van der Waals surface area contributed by atoms with Crippen LogP contribution in [0.2, 0.25) is 0 Å². The van der Waals surface area contributed by atoms with Crippen molar-refractivity contribution < 1.29 is 5.21 Å². The lowest BCUT2D eigenvalue weighted by atomic mass is 10.2. The fraction of sp³-hybridized carbons (Fsp3) is 0.750. The predicted octanol–water partition coefficient (Wildman–Crippen LogP) is 1.67. The molecule has 3 heteroatoms. The van der Waals surface area contributed by atoms with Gasteiger partial charge in [0, 0.05) is 5.92 Å². The predicted molar refractivity (Wildman–Crippen MR) is 29.9 cm³/mol. The molecule has 0 unspecified atom stereocenters. The summed E-state index contributed by atoms with van der Waals surface area (Å²) in [5.74, 6) is 0.131. The largest absolute Gasteiger partial charge is 0.410 e. The van der Waals surface area contributed by atoms with Crippen molar-refractivity contribution in [1.29, 1.82) is 0 Å². The van der Waals surface area contributed by atoms with Gasteiger partial charge < -0.3 is 5.21 Å². The van der Waals surface area contributed by atoms with Crippen LogP contribution in [0.15, 0.2) is 5.16 Å². The van der Waals surface area contributed by atoms with E-state index in [1.54, 1.807) is 0 Å². The summed E-state index contributed by atoms with van der Waals surface area (Å²) in [4.78, 5) is 0. The Morgan fingerprint density at radius 1 is 1.71 bits per heavy atom. The maximum Gasteiger partial charge on any atom is 0.147 e. The molecule has 0 heterocycles. The van der Waals surface area contributed by atoms with Gasteiger partial charge in [0.15, 0.2) is 0 Å². The third-order valence-corrected chi connectivity index (χ3v) is 1.08. The third kappa shape index (κ3) is 2.45. The standard InChI is InChI=1S/C4H8ClNO/c1-3(2)4(5)6-7/h3,7H,1-2H3. The Bertz CT molecular complexity index is 79.8. The first-order valence-corrected chi connectivity index (χ1v) is 2.43. The van der Waals surface area contributed by atoms with Gasteiger partial charge in [-0.3, -0.25) is 0 Å². The molecule has 0 aliphatic carbocycles. The molecule has 0 atom stereocenters. The average Bonchev–Trinajstić information content (AvgIpc) is 1.65. The molecule has 0 saturated heterocycles. The average molecular weight is 122 g/mol. The van der Waals surface area contributed by atoms with Crippen LogP contribution in [0.5, 0.6) is 0 Å². The first kappa shape index (κ1) is 6.76. The molecule has 7 heavy (non-hydrogen) atoms. The van der Waals surface area contributed by atoms with Gasteiger partial charge in [0.1, 0.15) is 5.17 Å². The summed E-state index contributed by atoms with van der Waals surface area (Å²) >= 11 is 5.30. The fourth-order valence-electron chi connectivity index (χ4n) is 0.115. The second kappa shape index (κ2) is 2.86. The van der Waals surface area contributed by atoms with Gasteiger partial charge in [0.25, 0.3) is 0 Å². The zero-order valence-corrected chi connectivity index (χ0v) is 5.11. The number of rotatable bonds is 1. The zero-order chi connectivity index (χ0) is 5.86. The van der Waals surface area contributed by atoms with E-state index in [9.17, 15) is 0 Å². The summed E-state index contributed by atoms with van der Waals surface area (Å²) in [6.45, 7) is 3.70. The van der Waals surface area contributed by atoms with Gasteiger partial charge in [-0.15, -0.1) is 0 Å². The van der Waals surface area contributed by atoms with E-state index in [1.165, 1.54) is 0 Å². The molecule has 0 fully saturated rings. The van der Waals surface area contributed by atoms with Crippen molar-refractivity contribution in [2.75, 3.05) is 0 Å². The maximum atomic E-state index is 7.96. The Morgan fingerprint density at radius 2 is 2.14 bits per heavy atom. The van der Waals surface area contributed by atoms with E-state index < -0.39 is 0 Å². The van der Waals surface area contributed by atoms with Gasteiger partial charge >= 0.3 is 0 Å². The molecule has 0 spiro atoms. The first-order chi connectivity index (χ1) is 3.18. The number of hydrogen-bond acceptors (Lipinski definition) is 2. The zero-order valence-electron chi connectivity index (χ0n) is 4.35. The van der Waals surface area contributed by atoms with Gasteiger partial charge in [0.05, 0.1) is 0 Å². The fourth-order valence-corrected chi connectivity index (χ4v) is 0.115. The summed E-state index contributed by atoms with van der Waals surface area (Å²) in [6.07, 6.45) is 0. The number of nitrogens with zero attached hydrogens (tertiary/aromatic N) is 1. The van der Waals surface area contributed by atoms with Crippen molar-refractivity contribution in [1.82, 2.24) is 0 Å². The van der Waals surface area contributed by atoms with Crippen LogP contribution in [-0.4, -0.2) is 10.4 Å². The van der Waals surface area contributed by atoms with E-state index in [4.69, 9.17) is 16.8 Å². The van der Waals surface area contributed by atoms with E-state index in [0.717, 1.165) is 0 Å². The van der Waals surface area contributed by atoms with Crippen LogP contribution in [-0.2, 0) is 0 Å². The monoisotopic (exact) mass is 121 g/mol. The summed E-state index contributed by atoms with van der Waals surface area (Å²) in [5.41, 5.74) is 0. The SMILES string of the molecule is CC(C)C(Cl)=NO. The highest BCUT2D eigenvalue weighted by atomic mass is 35.5. The number of hydrogen-bond donors (Lipinski definition) is 1. The third-order valence-electron chi connectivity index (χ3n) is 0.572. The molecule has 0 saturated carbocycles. The summed E-state index contributed by atoms with van der Waals surface area (Å²) in [7, 11) is 0. The Hall–Kier alpha value is -0.240.